The van der Waals surface area contributed by atoms with Crippen LogP contribution in [-0.2, 0) is 17.3 Å². The minimum Gasteiger partial charge on any atom is -0.497 e. The van der Waals surface area contributed by atoms with Gasteiger partial charge in [0.25, 0.3) is 0 Å². The Bertz CT molecular complexity index is 751. The maximum Gasteiger partial charge on any atom is 0.121 e. The third-order valence-corrected chi connectivity index (χ3v) is 5.28. The molecule has 0 aliphatic carbocycles. The van der Waals surface area contributed by atoms with E-state index >= 15 is 0 Å². The molecule has 0 amide bonds. The monoisotopic (exact) mass is 354 g/mol. The van der Waals surface area contributed by atoms with Crippen molar-refractivity contribution in [2.24, 2.45) is 0 Å². The lowest BCUT2D eigenvalue weighted by Crippen LogP contribution is -2.19. The Hall–Kier alpha value is -1.96. The maximum absolute atomic E-state index is 5.53. The standard InChI is InChI=1S/C24H34O2/c1-17-13-19(9-10-22(17)26-8)24(5,6)12-11-18-14-20(23(2,3)4)16-21(15-18)25-7/h9-10,13-16H,11-12H2,1-8H3. The van der Waals surface area contributed by atoms with Gasteiger partial charge in [-0.3, -0.25) is 0 Å². The minimum atomic E-state index is 0.0992. The SMILES string of the molecule is COc1cc(CCC(C)(C)c2ccc(OC)c(C)c2)cc(C(C)(C)C)c1. The van der Waals surface area contributed by atoms with Gasteiger partial charge in [0.1, 0.15) is 11.5 Å². The summed E-state index contributed by atoms with van der Waals surface area (Å²) in [4.78, 5) is 0. The maximum atomic E-state index is 5.53. The molecule has 142 valence electrons. The second-order valence-electron chi connectivity index (χ2n) is 8.89. The van der Waals surface area contributed by atoms with Gasteiger partial charge in [-0.1, -0.05) is 52.8 Å². The molecular weight excluding hydrogens is 320 g/mol. The number of aryl methyl sites for hydroxylation is 2. The van der Waals surface area contributed by atoms with Gasteiger partial charge in [-0.15, -0.1) is 0 Å². The van der Waals surface area contributed by atoms with Crippen LogP contribution in [0.3, 0.4) is 0 Å². The van der Waals surface area contributed by atoms with Gasteiger partial charge in [0.2, 0.25) is 0 Å². The lowest BCUT2D eigenvalue weighted by atomic mass is 9.78. The molecule has 0 aromatic heterocycles. The second-order valence-corrected chi connectivity index (χ2v) is 8.89. The van der Waals surface area contributed by atoms with Crippen LogP contribution in [0.15, 0.2) is 36.4 Å². The summed E-state index contributed by atoms with van der Waals surface area (Å²) in [5.41, 5.74) is 5.43. The molecule has 0 saturated carbocycles. The molecule has 2 nitrogen and oxygen atoms in total. The highest BCUT2D eigenvalue weighted by atomic mass is 16.5. The average molecular weight is 355 g/mol. The predicted octanol–water partition coefficient (Wildman–Crippen LogP) is 6.22. The molecule has 26 heavy (non-hydrogen) atoms. The molecule has 0 atom stereocenters. The molecule has 0 aliphatic heterocycles. The van der Waals surface area contributed by atoms with Crippen molar-refractivity contribution in [3.63, 3.8) is 0 Å². The van der Waals surface area contributed by atoms with Crippen molar-refractivity contribution in [3.05, 3.63) is 58.7 Å². The highest BCUT2D eigenvalue weighted by molar-refractivity contribution is 5.40. The first kappa shape index (κ1) is 20.4. The van der Waals surface area contributed by atoms with Crippen LogP contribution in [0.1, 0.15) is 63.3 Å². The van der Waals surface area contributed by atoms with Crippen molar-refractivity contribution in [1.29, 1.82) is 0 Å². The summed E-state index contributed by atoms with van der Waals surface area (Å²) < 4.78 is 10.9. The lowest BCUT2D eigenvalue weighted by molar-refractivity contribution is 0.409. The van der Waals surface area contributed by atoms with Crippen molar-refractivity contribution >= 4 is 0 Å². The fraction of sp³-hybridized carbons (Fsp3) is 0.500. The van der Waals surface area contributed by atoms with E-state index in [4.69, 9.17) is 9.47 Å². The molecular formula is C24H34O2. The van der Waals surface area contributed by atoms with Crippen LogP contribution in [0.2, 0.25) is 0 Å². The van der Waals surface area contributed by atoms with Gasteiger partial charge in [-0.05, 0) is 71.0 Å². The van der Waals surface area contributed by atoms with Crippen molar-refractivity contribution in [1.82, 2.24) is 0 Å². The second kappa shape index (κ2) is 7.73. The Morgan fingerprint density at radius 3 is 2.04 bits per heavy atom. The largest absolute Gasteiger partial charge is 0.497 e. The van der Waals surface area contributed by atoms with E-state index in [0.29, 0.717) is 0 Å². The third kappa shape index (κ3) is 4.81. The molecule has 0 unspecified atom stereocenters. The van der Waals surface area contributed by atoms with Gasteiger partial charge in [-0.2, -0.15) is 0 Å². The van der Waals surface area contributed by atoms with Gasteiger partial charge < -0.3 is 9.47 Å². The Morgan fingerprint density at radius 2 is 1.50 bits per heavy atom. The van der Waals surface area contributed by atoms with Gasteiger partial charge in [-0.25, -0.2) is 0 Å². The average Bonchev–Trinajstić information content (AvgIpc) is 2.59. The predicted molar refractivity (Wildman–Crippen MR) is 111 cm³/mol. The first-order valence-electron chi connectivity index (χ1n) is 9.40. The van der Waals surface area contributed by atoms with E-state index < -0.39 is 0 Å². The molecule has 0 spiro atoms. The topological polar surface area (TPSA) is 18.5 Å². The number of hydrogen-bond acceptors (Lipinski definition) is 2. The molecule has 0 saturated heterocycles. The molecule has 2 aromatic carbocycles. The van der Waals surface area contributed by atoms with E-state index in [1.807, 2.05) is 0 Å². The van der Waals surface area contributed by atoms with E-state index in [9.17, 15) is 0 Å². The fourth-order valence-electron chi connectivity index (χ4n) is 3.26. The Labute approximate surface area is 159 Å². The Kier molecular flexibility index (Phi) is 6.05. The van der Waals surface area contributed by atoms with Crippen molar-refractivity contribution in [2.45, 2.75) is 65.2 Å². The van der Waals surface area contributed by atoms with Crippen LogP contribution < -0.4 is 9.47 Å². The molecule has 0 fully saturated rings. The molecule has 2 rings (SSSR count). The Morgan fingerprint density at radius 1 is 0.808 bits per heavy atom. The zero-order valence-corrected chi connectivity index (χ0v) is 17.7. The van der Waals surface area contributed by atoms with Crippen LogP contribution >= 0.6 is 0 Å². The van der Waals surface area contributed by atoms with Crippen LogP contribution in [0.5, 0.6) is 11.5 Å². The molecule has 0 heterocycles. The summed E-state index contributed by atoms with van der Waals surface area (Å²) in [6.07, 6.45) is 2.11. The molecule has 0 N–H and O–H groups in total. The van der Waals surface area contributed by atoms with Crippen molar-refractivity contribution in [2.75, 3.05) is 14.2 Å². The number of rotatable bonds is 6. The fourth-order valence-corrected chi connectivity index (χ4v) is 3.26. The zero-order valence-electron chi connectivity index (χ0n) is 17.7. The molecule has 2 aromatic rings. The summed E-state index contributed by atoms with van der Waals surface area (Å²) in [6.45, 7) is 13.5. The van der Waals surface area contributed by atoms with E-state index in [1.54, 1.807) is 14.2 Å². The summed E-state index contributed by atoms with van der Waals surface area (Å²) in [5.74, 6) is 1.90. The number of methoxy groups -OCH3 is 2. The summed E-state index contributed by atoms with van der Waals surface area (Å²) in [6, 6.07) is 13.2. The van der Waals surface area contributed by atoms with E-state index in [-0.39, 0.29) is 10.8 Å². The van der Waals surface area contributed by atoms with Crippen LogP contribution in [0, 0.1) is 6.92 Å². The van der Waals surface area contributed by atoms with Gasteiger partial charge in [0, 0.05) is 0 Å². The lowest BCUT2D eigenvalue weighted by Gasteiger charge is -2.27. The number of hydrogen-bond donors (Lipinski definition) is 0. The number of benzene rings is 2. The van der Waals surface area contributed by atoms with Crippen molar-refractivity contribution in [3.8, 4) is 11.5 Å². The first-order chi connectivity index (χ1) is 12.1. The summed E-state index contributed by atoms with van der Waals surface area (Å²) in [7, 11) is 3.47. The van der Waals surface area contributed by atoms with Crippen molar-refractivity contribution < 1.29 is 9.47 Å². The van der Waals surface area contributed by atoms with Gasteiger partial charge >= 0.3 is 0 Å². The highest BCUT2D eigenvalue weighted by Gasteiger charge is 2.22. The molecule has 0 radical (unpaired) electrons. The molecule has 2 heteroatoms. The molecule has 0 aliphatic rings. The number of ether oxygens (including phenoxy) is 2. The van der Waals surface area contributed by atoms with E-state index in [0.717, 1.165) is 24.3 Å². The van der Waals surface area contributed by atoms with Crippen LogP contribution in [0.25, 0.3) is 0 Å². The van der Waals surface area contributed by atoms with E-state index in [1.165, 1.54) is 22.3 Å². The summed E-state index contributed by atoms with van der Waals surface area (Å²) >= 11 is 0. The Balaban J connectivity index is 2.22. The minimum absolute atomic E-state index is 0.0992. The first-order valence-corrected chi connectivity index (χ1v) is 9.40. The normalized spacial score (nSPS) is 12.2. The zero-order chi connectivity index (χ0) is 19.5. The van der Waals surface area contributed by atoms with E-state index in [2.05, 4.69) is 77.9 Å². The smallest absolute Gasteiger partial charge is 0.121 e. The molecule has 0 bridgehead atoms. The van der Waals surface area contributed by atoms with Gasteiger partial charge in [0.15, 0.2) is 0 Å². The van der Waals surface area contributed by atoms with Crippen LogP contribution in [-0.4, -0.2) is 14.2 Å². The third-order valence-electron chi connectivity index (χ3n) is 5.28. The van der Waals surface area contributed by atoms with Gasteiger partial charge in [0.05, 0.1) is 14.2 Å². The summed E-state index contributed by atoms with van der Waals surface area (Å²) in [5, 5.41) is 0. The van der Waals surface area contributed by atoms with Crippen LogP contribution in [0.4, 0.5) is 0 Å². The highest BCUT2D eigenvalue weighted by Crippen LogP contribution is 2.33. The quantitative estimate of drug-likeness (QED) is 0.613.